The van der Waals surface area contributed by atoms with Crippen molar-refractivity contribution in [1.82, 2.24) is 0 Å². The Kier molecular flexibility index (Phi) is 12.4. The summed E-state index contributed by atoms with van der Waals surface area (Å²) in [6.07, 6.45) is 3.38. The second-order valence-electron chi connectivity index (χ2n) is 5.71. The van der Waals surface area contributed by atoms with Gasteiger partial charge in [0.05, 0.1) is 34.4 Å². The van der Waals surface area contributed by atoms with Gasteiger partial charge in [0, 0.05) is 13.0 Å². The van der Waals surface area contributed by atoms with E-state index < -0.39 is 0 Å². The minimum atomic E-state index is -0.330. The lowest BCUT2D eigenvalue weighted by Crippen LogP contribution is -2.44. The summed E-state index contributed by atoms with van der Waals surface area (Å²) in [7, 11) is 6.34. The highest BCUT2D eigenvalue weighted by atomic mass is 16.5. The van der Waals surface area contributed by atoms with Crippen molar-refractivity contribution in [2.75, 3.05) is 34.4 Å². The Bertz CT molecular complexity index is 293. The quantitative estimate of drug-likeness (QED) is 0.172. The van der Waals surface area contributed by atoms with Crippen molar-refractivity contribution >= 4 is 5.97 Å². The topological polar surface area (TPSA) is 35.5 Å². The summed E-state index contributed by atoms with van der Waals surface area (Å²) < 4.78 is 11.0. The molecule has 0 saturated carbocycles. The molecule has 0 aromatic heterocycles. The molecule has 20 heavy (non-hydrogen) atoms. The third-order valence-corrected chi connectivity index (χ3v) is 2.57. The number of hydrogen-bond acceptors (Lipinski definition) is 3. The van der Waals surface area contributed by atoms with E-state index in [2.05, 4.69) is 46.0 Å². The SMILES string of the molecule is C=C(C)COC(C)[N+](C)(C)C.C=CC(=O)OCCCC. The Hall–Kier alpha value is -1.13. The van der Waals surface area contributed by atoms with Crippen LogP contribution in [0.1, 0.15) is 33.6 Å². The van der Waals surface area contributed by atoms with Crippen molar-refractivity contribution in [2.45, 2.75) is 39.8 Å². The second-order valence-corrected chi connectivity index (χ2v) is 5.71. The van der Waals surface area contributed by atoms with Crippen LogP contribution in [-0.4, -0.2) is 51.0 Å². The van der Waals surface area contributed by atoms with Gasteiger partial charge >= 0.3 is 5.97 Å². The molecular weight excluding hydrogens is 254 g/mol. The first-order chi connectivity index (χ1) is 9.15. The molecule has 0 N–H and O–H groups in total. The van der Waals surface area contributed by atoms with Gasteiger partial charge in [0.15, 0.2) is 6.23 Å². The lowest BCUT2D eigenvalue weighted by Gasteiger charge is -2.31. The smallest absolute Gasteiger partial charge is 0.330 e. The van der Waals surface area contributed by atoms with Gasteiger partial charge in [-0.2, -0.15) is 0 Å². The van der Waals surface area contributed by atoms with Gasteiger partial charge in [-0.25, -0.2) is 4.79 Å². The number of esters is 1. The molecule has 1 atom stereocenters. The van der Waals surface area contributed by atoms with E-state index >= 15 is 0 Å². The molecule has 4 nitrogen and oxygen atoms in total. The van der Waals surface area contributed by atoms with Crippen LogP contribution in [0.5, 0.6) is 0 Å². The van der Waals surface area contributed by atoms with Crippen LogP contribution in [0.2, 0.25) is 0 Å². The minimum absolute atomic E-state index is 0.228. The van der Waals surface area contributed by atoms with Crippen LogP contribution < -0.4 is 0 Å². The number of unbranched alkanes of at least 4 members (excludes halogenated alkanes) is 1. The summed E-state index contributed by atoms with van der Waals surface area (Å²) in [5.74, 6) is -0.330. The molecule has 0 spiro atoms. The second kappa shape index (κ2) is 11.7. The fourth-order valence-corrected chi connectivity index (χ4v) is 0.862. The molecule has 4 heteroatoms. The van der Waals surface area contributed by atoms with Gasteiger partial charge in [-0.1, -0.05) is 32.1 Å². The number of nitrogens with zero attached hydrogens (tertiary/aromatic N) is 1. The Morgan fingerprint density at radius 3 is 2.25 bits per heavy atom. The maximum absolute atomic E-state index is 10.3. The predicted octanol–water partition coefficient (Wildman–Crippen LogP) is 3.15. The van der Waals surface area contributed by atoms with Gasteiger partial charge in [0.1, 0.15) is 0 Å². The molecule has 0 rings (SSSR count). The van der Waals surface area contributed by atoms with Crippen LogP contribution in [0.3, 0.4) is 0 Å². The third-order valence-electron chi connectivity index (χ3n) is 2.57. The summed E-state index contributed by atoms with van der Waals surface area (Å²) in [4.78, 5) is 10.3. The van der Waals surface area contributed by atoms with E-state index in [1.54, 1.807) is 0 Å². The van der Waals surface area contributed by atoms with Crippen LogP contribution in [0.25, 0.3) is 0 Å². The number of carbonyl (C=O) groups excluding carboxylic acids is 1. The number of quaternary nitrogens is 1. The molecule has 0 radical (unpaired) electrons. The first-order valence-electron chi connectivity index (χ1n) is 7.01. The highest BCUT2D eigenvalue weighted by Gasteiger charge is 2.17. The van der Waals surface area contributed by atoms with Crippen molar-refractivity contribution in [3.05, 3.63) is 24.8 Å². The molecule has 0 aliphatic carbocycles. The molecular formula is C16H32NO3+. The maximum Gasteiger partial charge on any atom is 0.330 e. The number of ether oxygens (including phenoxy) is 2. The molecule has 0 saturated heterocycles. The first-order valence-corrected chi connectivity index (χ1v) is 7.01. The van der Waals surface area contributed by atoms with Gasteiger partial charge in [-0.15, -0.1) is 0 Å². The molecule has 0 bridgehead atoms. The fraction of sp³-hybridized carbons (Fsp3) is 0.688. The van der Waals surface area contributed by atoms with E-state index in [1.807, 2.05) is 13.8 Å². The fourth-order valence-electron chi connectivity index (χ4n) is 0.862. The summed E-state index contributed by atoms with van der Waals surface area (Å²) in [6, 6.07) is 0. The maximum atomic E-state index is 10.3. The van der Waals surface area contributed by atoms with E-state index in [9.17, 15) is 4.79 Å². The Labute approximate surface area is 124 Å². The van der Waals surface area contributed by atoms with E-state index in [0.29, 0.717) is 13.2 Å². The highest BCUT2D eigenvalue weighted by molar-refractivity contribution is 5.81. The average molecular weight is 286 g/mol. The Balaban J connectivity index is 0. The number of hydrogen-bond donors (Lipinski definition) is 0. The van der Waals surface area contributed by atoms with E-state index in [4.69, 9.17) is 4.74 Å². The lowest BCUT2D eigenvalue weighted by molar-refractivity contribution is -0.917. The van der Waals surface area contributed by atoms with Crippen molar-refractivity contribution in [3.63, 3.8) is 0 Å². The largest absolute Gasteiger partial charge is 0.463 e. The molecule has 0 aromatic carbocycles. The Morgan fingerprint density at radius 1 is 1.35 bits per heavy atom. The minimum Gasteiger partial charge on any atom is -0.463 e. The monoisotopic (exact) mass is 286 g/mol. The van der Waals surface area contributed by atoms with Gasteiger partial charge in [0.2, 0.25) is 0 Å². The van der Waals surface area contributed by atoms with Crippen LogP contribution in [0.15, 0.2) is 24.8 Å². The summed E-state index contributed by atoms with van der Waals surface area (Å²) in [5, 5.41) is 0. The van der Waals surface area contributed by atoms with Crippen LogP contribution >= 0.6 is 0 Å². The van der Waals surface area contributed by atoms with Crippen molar-refractivity contribution in [3.8, 4) is 0 Å². The summed E-state index contributed by atoms with van der Waals surface area (Å²) >= 11 is 0. The van der Waals surface area contributed by atoms with Gasteiger partial charge in [0.25, 0.3) is 0 Å². The van der Waals surface area contributed by atoms with Crippen molar-refractivity contribution in [2.24, 2.45) is 0 Å². The van der Waals surface area contributed by atoms with Crippen molar-refractivity contribution in [1.29, 1.82) is 0 Å². The van der Waals surface area contributed by atoms with Gasteiger partial charge < -0.3 is 14.0 Å². The van der Waals surface area contributed by atoms with E-state index in [1.165, 1.54) is 6.08 Å². The lowest BCUT2D eigenvalue weighted by atomic mass is 10.4. The first kappa shape index (κ1) is 21.2. The third kappa shape index (κ3) is 14.9. The van der Waals surface area contributed by atoms with Crippen molar-refractivity contribution < 1.29 is 18.8 Å². The summed E-state index contributed by atoms with van der Waals surface area (Å²) in [6.45, 7) is 14.3. The Morgan fingerprint density at radius 2 is 1.90 bits per heavy atom. The zero-order valence-electron chi connectivity index (χ0n) is 14.1. The molecule has 0 aliphatic heterocycles. The predicted molar refractivity (Wildman–Crippen MR) is 84.3 cm³/mol. The van der Waals surface area contributed by atoms with Gasteiger partial charge in [-0.3, -0.25) is 0 Å². The molecule has 0 fully saturated rings. The van der Waals surface area contributed by atoms with E-state index in [0.717, 1.165) is 22.9 Å². The molecule has 0 aliphatic rings. The van der Waals surface area contributed by atoms with Gasteiger partial charge in [-0.05, 0) is 13.3 Å². The van der Waals surface area contributed by atoms with Crippen LogP contribution in [0, 0.1) is 0 Å². The molecule has 118 valence electrons. The highest BCUT2D eigenvalue weighted by Crippen LogP contribution is 2.04. The van der Waals surface area contributed by atoms with Crippen LogP contribution in [-0.2, 0) is 14.3 Å². The standard InChI is InChI=1S/C9H20NO.C7H12O2/c1-8(2)7-11-9(3)10(4,5)6;1-3-5-6-9-7(8)4-2/h9H,1,7H2,2-6H3;4H,2-3,5-6H2,1H3/q+1;. The molecule has 0 heterocycles. The average Bonchev–Trinajstić information content (AvgIpc) is 2.35. The molecule has 0 aromatic rings. The number of rotatable bonds is 8. The normalized spacial score (nSPS) is 11.9. The zero-order valence-corrected chi connectivity index (χ0v) is 14.1. The summed E-state index contributed by atoms with van der Waals surface area (Å²) in [5.41, 5.74) is 1.07. The molecule has 0 amide bonds. The van der Waals surface area contributed by atoms with E-state index in [-0.39, 0.29) is 12.2 Å². The number of carbonyl (C=O) groups is 1. The van der Waals surface area contributed by atoms with Crippen LogP contribution in [0.4, 0.5) is 0 Å². The molecule has 1 unspecified atom stereocenters. The zero-order chi connectivity index (χ0) is 16.2.